The van der Waals surface area contributed by atoms with Gasteiger partial charge in [-0.2, -0.15) is 0 Å². The van der Waals surface area contributed by atoms with Crippen LogP contribution in [0.15, 0.2) is 36.4 Å². The predicted octanol–water partition coefficient (Wildman–Crippen LogP) is 2.59. The molecule has 4 nitrogen and oxygen atoms in total. The van der Waals surface area contributed by atoms with Gasteiger partial charge in [0.05, 0.1) is 15.5 Å². The van der Waals surface area contributed by atoms with E-state index in [0.29, 0.717) is 13.0 Å². The molecule has 0 atom stereocenters. The normalized spacial score (nSPS) is 12.3. The Morgan fingerprint density at radius 3 is 2.71 bits per heavy atom. The number of aryl methyl sites for hydroxylation is 2. The van der Waals surface area contributed by atoms with Crippen LogP contribution in [0.1, 0.15) is 12.1 Å². The lowest BCUT2D eigenvalue weighted by Crippen LogP contribution is -2.32. The highest BCUT2D eigenvalue weighted by atomic mass is 32.2. The van der Waals surface area contributed by atoms with Crippen molar-refractivity contribution in [2.24, 2.45) is 0 Å². The summed E-state index contributed by atoms with van der Waals surface area (Å²) in [6.07, 6.45) is 0.349. The Balaban J connectivity index is 2.02. The van der Waals surface area contributed by atoms with E-state index in [9.17, 15) is 13.0 Å². The van der Waals surface area contributed by atoms with Gasteiger partial charge in [0.25, 0.3) is 0 Å². The minimum Gasteiger partial charge on any atom is -0.748 e. The van der Waals surface area contributed by atoms with Crippen molar-refractivity contribution in [1.82, 2.24) is 0 Å². The van der Waals surface area contributed by atoms with Gasteiger partial charge in [0, 0.05) is 19.1 Å². The zero-order valence-electron chi connectivity index (χ0n) is 11.6. The first-order chi connectivity index (χ1) is 9.96. The van der Waals surface area contributed by atoms with Gasteiger partial charge in [-0.1, -0.05) is 30.3 Å². The van der Waals surface area contributed by atoms with Crippen LogP contribution in [0.2, 0.25) is 0 Å². The standard InChI is InChI=1S/C15H15NO3S2/c1-11-15-13-6-3-2-5-12(13)7-8-14(15)20-16(11)9-4-10-21(17,18)19/h2-3,5-8H,4,9-10H2,1H3. The van der Waals surface area contributed by atoms with Crippen molar-refractivity contribution in [3.8, 4) is 0 Å². The van der Waals surface area contributed by atoms with Crippen LogP contribution in [0.25, 0.3) is 20.9 Å². The molecular formula is C15H15NO3S2. The van der Waals surface area contributed by atoms with Crippen molar-refractivity contribution in [2.75, 3.05) is 5.75 Å². The highest BCUT2D eigenvalue weighted by Crippen LogP contribution is 2.29. The predicted molar refractivity (Wildman–Crippen MR) is 83.4 cm³/mol. The first-order valence-electron chi connectivity index (χ1n) is 6.70. The third-order valence-electron chi connectivity index (χ3n) is 3.59. The van der Waals surface area contributed by atoms with E-state index >= 15 is 0 Å². The molecule has 0 unspecified atom stereocenters. The quantitative estimate of drug-likeness (QED) is 0.548. The summed E-state index contributed by atoms with van der Waals surface area (Å²) in [5.41, 5.74) is 1.12. The zero-order chi connectivity index (χ0) is 15.0. The molecule has 1 heterocycles. The van der Waals surface area contributed by atoms with Crippen LogP contribution < -0.4 is 3.96 Å². The van der Waals surface area contributed by atoms with E-state index in [1.54, 1.807) is 11.5 Å². The minimum absolute atomic E-state index is 0.311. The molecule has 3 aromatic rings. The van der Waals surface area contributed by atoms with E-state index in [1.165, 1.54) is 20.9 Å². The van der Waals surface area contributed by atoms with Gasteiger partial charge in [-0.25, -0.2) is 8.42 Å². The maximum atomic E-state index is 10.7. The second-order valence-corrected chi connectivity index (χ2v) is 7.64. The summed E-state index contributed by atoms with van der Waals surface area (Å²) in [7, 11) is -4.13. The Morgan fingerprint density at radius 2 is 1.95 bits per heavy atom. The molecule has 2 aromatic carbocycles. The summed E-state index contributed by atoms with van der Waals surface area (Å²) in [5, 5.41) is 3.61. The number of nitrogens with zero attached hydrogens (tertiary/aromatic N) is 1. The molecule has 1 aromatic heterocycles. The summed E-state index contributed by atoms with van der Waals surface area (Å²) in [6, 6.07) is 12.4. The van der Waals surface area contributed by atoms with Crippen molar-refractivity contribution in [1.29, 1.82) is 0 Å². The molecule has 3 rings (SSSR count). The molecule has 0 N–H and O–H groups in total. The summed E-state index contributed by atoms with van der Waals surface area (Å²) in [4.78, 5) is 0. The lowest BCUT2D eigenvalue weighted by Gasteiger charge is -2.03. The highest BCUT2D eigenvalue weighted by Gasteiger charge is 2.18. The van der Waals surface area contributed by atoms with E-state index < -0.39 is 10.1 Å². The van der Waals surface area contributed by atoms with Gasteiger partial charge in [-0.05, 0) is 16.8 Å². The number of rotatable bonds is 4. The van der Waals surface area contributed by atoms with E-state index in [0.717, 1.165) is 5.69 Å². The maximum Gasteiger partial charge on any atom is 0.201 e. The Kier molecular flexibility index (Phi) is 3.69. The van der Waals surface area contributed by atoms with Gasteiger partial charge >= 0.3 is 0 Å². The van der Waals surface area contributed by atoms with Crippen LogP contribution in [-0.2, 0) is 16.7 Å². The molecule has 0 aliphatic carbocycles. The second-order valence-electron chi connectivity index (χ2n) is 5.05. The van der Waals surface area contributed by atoms with Crippen molar-refractivity contribution in [3.05, 3.63) is 42.1 Å². The van der Waals surface area contributed by atoms with Crippen LogP contribution in [0, 0.1) is 6.92 Å². The fourth-order valence-electron chi connectivity index (χ4n) is 2.61. The molecule has 21 heavy (non-hydrogen) atoms. The maximum absolute atomic E-state index is 10.7. The van der Waals surface area contributed by atoms with E-state index in [-0.39, 0.29) is 5.75 Å². The number of fused-ring (bicyclic) bond motifs is 3. The fraction of sp³-hybridized carbons (Fsp3) is 0.267. The molecule has 0 amide bonds. The molecule has 0 saturated carbocycles. The average molecular weight is 321 g/mol. The third-order valence-corrected chi connectivity index (χ3v) is 5.59. The lowest BCUT2D eigenvalue weighted by molar-refractivity contribution is -0.634. The van der Waals surface area contributed by atoms with Crippen LogP contribution in [0.5, 0.6) is 0 Å². The van der Waals surface area contributed by atoms with Gasteiger partial charge < -0.3 is 4.55 Å². The summed E-state index contributed by atoms with van der Waals surface area (Å²) in [5.74, 6) is -0.311. The van der Waals surface area contributed by atoms with E-state index in [1.807, 2.05) is 19.1 Å². The first kappa shape index (κ1) is 14.4. The van der Waals surface area contributed by atoms with Crippen molar-refractivity contribution >= 4 is 42.5 Å². The molecule has 110 valence electrons. The van der Waals surface area contributed by atoms with Gasteiger partial charge in [0.1, 0.15) is 16.2 Å². The first-order valence-corrected chi connectivity index (χ1v) is 9.05. The SMILES string of the molecule is Cc1c2c(ccc3ccccc32)s[n+]1CCCS(=O)(=O)[O-]. The van der Waals surface area contributed by atoms with Crippen LogP contribution in [-0.4, -0.2) is 18.7 Å². The Bertz CT molecular complexity index is 913. The Hall–Kier alpha value is -1.50. The van der Waals surface area contributed by atoms with Crippen molar-refractivity contribution in [2.45, 2.75) is 19.9 Å². The number of hydrogen-bond donors (Lipinski definition) is 0. The summed E-state index contributed by atoms with van der Waals surface area (Å²) >= 11 is 1.61. The molecule has 0 aliphatic heterocycles. The average Bonchev–Trinajstić information content (AvgIpc) is 2.75. The number of benzene rings is 2. The number of aromatic nitrogens is 1. The fourth-order valence-corrected chi connectivity index (χ4v) is 4.26. The second kappa shape index (κ2) is 5.36. The topological polar surface area (TPSA) is 61.1 Å². The molecule has 0 aliphatic rings. The molecule has 0 saturated heterocycles. The van der Waals surface area contributed by atoms with Gasteiger partial charge in [-0.3, -0.25) is 0 Å². The zero-order valence-corrected chi connectivity index (χ0v) is 13.2. The number of hydrogen-bond acceptors (Lipinski definition) is 4. The van der Waals surface area contributed by atoms with E-state index in [4.69, 9.17) is 0 Å². The molecule has 0 fully saturated rings. The Morgan fingerprint density at radius 1 is 1.19 bits per heavy atom. The Labute approximate surface area is 127 Å². The molecular weight excluding hydrogens is 306 g/mol. The largest absolute Gasteiger partial charge is 0.748 e. The van der Waals surface area contributed by atoms with Gasteiger partial charge in [0.15, 0.2) is 6.54 Å². The van der Waals surface area contributed by atoms with Crippen LogP contribution >= 0.6 is 11.5 Å². The minimum atomic E-state index is -4.13. The van der Waals surface area contributed by atoms with Crippen LogP contribution in [0.4, 0.5) is 0 Å². The third kappa shape index (κ3) is 2.92. The molecule has 0 spiro atoms. The van der Waals surface area contributed by atoms with Crippen molar-refractivity contribution < 1.29 is 16.9 Å². The summed E-state index contributed by atoms with van der Waals surface area (Å²) < 4.78 is 35.3. The van der Waals surface area contributed by atoms with Gasteiger partial charge in [-0.15, -0.1) is 3.96 Å². The molecule has 6 heteroatoms. The highest BCUT2D eigenvalue weighted by molar-refractivity contribution is 7.85. The summed E-state index contributed by atoms with van der Waals surface area (Å²) in [6.45, 7) is 2.60. The lowest BCUT2D eigenvalue weighted by atomic mass is 10.1. The van der Waals surface area contributed by atoms with Crippen molar-refractivity contribution in [3.63, 3.8) is 0 Å². The molecule has 0 bridgehead atoms. The smallest absolute Gasteiger partial charge is 0.201 e. The van der Waals surface area contributed by atoms with Gasteiger partial charge in [0.2, 0.25) is 5.69 Å². The van der Waals surface area contributed by atoms with Crippen LogP contribution in [0.3, 0.4) is 0 Å². The van der Waals surface area contributed by atoms with E-state index in [2.05, 4.69) is 28.2 Å². The molecule has 0 radical (unpaired) electrons. The monoisotopic (exact) mass is 321 g/mol.